The molecular formula is C19H18N2O2. The monoisotopic (exact) mass is 306 g/mol. The average Bonchev–Trinajstić information content (AvgIpc) is 2.56. The molecule has 0 bridgehead atoms. The van der Waals surface area contributed by atoms with E-state index in [0.29, 0.717) is 23.2 Å². The van der Waals surface area contributed by atoms with Crippen LogP contribution in [0.25, 0.3) is 16.6 Å². The van der Waals surface area contributed by atoms with E-state index in [1.165, 1.54) is 0 Å². The molecule has 0 amide bonds. The summed E-state index contributed by atoms with van der Waals surface area (Å²) in [6.45, 7) is 4.21. The predicted octanol–water partition coefficient (Wildman–Crippen LogP) is 3.53. The Morgan fingerprint density at radius 1 is 1.09 bits per heavy atom. The van der Waals surface area contributed by atoms with Crippen molar-refractivity contribution in [1.82, 2.24) is 4.57 Å². The Balaban J connectivity index is 2.49. The van der Waals surface area contributed by atoms with E-state index in [0.717, 1.165) is 5.69 Å². The minimum atomic E-state index is -0.262. The molecule has 23 heavy (non-hydrogen) atoms. The van der Waals surface area contributed by atoms with E-state index in [4.69, 9.17) is 0 Å². The Bertz CT molecular complexity index is 941. The maximum absolute atomic E-state index is 13.0. The summed E-state index contributed by atoms with van der Waals surface area (Å²) in [4.78, 5) is 17.3. The quantitative estimate of drug-likeness (QED) is 0.753. The number of pyridine rings is 1. The molecule has 2 aromatic carbocycles. The van der Waals surface area contributed by atoms with Crippen LogP contribution in [0.15, 0.2) is 64.4 Å². The number of benzene rings is 2. The number of rotatable bonds is 3. The molecule has 0 spiro atoms. The van der Waals surface area contributed by atoms with Crippen LogP contribution in [0, 0.1) is 0 Å². The second-order valence-corrected chi connectivity index (χ2v) is 5.28. The van der Waals surface area contributed by atoms with Crippen molar-refractivity contribution in [3.05, 3.63) is 70.5 Å². The van der Waals surface area contributed by atoms with E-state index in [1.54, 1.807) is 11.5 Å². The van der Waals surface area contributed by atoms with Crippen LogP contribution in [0.1, 0.15) is 19.4 Å². The molecule has 0 aliphatic heterocycles. The second-order valence-electron chi connectivity index (χ2n) is 5.28. The molecule has 0 saturated carbocycles. The molecule has 0 unspecified atom stereocenters. The zero-order chi connectivity index (χ0) is 16.4. The van der Waals surface area contributed by atoms with E-state index in [9.17, 15) is 9.90 Å². The van der Waals surface area contributed by atoms with Crippen molar-refractivity contribution in [2.24, 2.45) is 4.99 Å². The lowest BCUT2D eigenvalue weighted by Crippen LogP contribution is -2.25. The van der Waals surface area contributed by atoms with Crippen molar-refractivity contribution in [1.29, 1.82) is 0 Å². The molecule has 4 nitrogen and oxygen atoms in total. The number of aromatic nitrogens is 1. The van der Waals surface area contributed by atoms with Gasteiger partial charge in [-0.1, -0.05) is 30.3 Å². The molecule has 0 atom stereocenters. The number of aliphatic imine (C=N–C) groups is 1. The standard InChI is InChI=1S/C19H18N2O2/c1-3-20-13(2)17-18(22)15-11-7-8-12-16(15)21(19(17)23)14-9-5-4-6-10-14/h4-12,22H,3H2,1-2H3. The topological polar surface area (TPSA) is 54.6 Å². The van der Waals surface area contributed by atoms with Gasteiger partial charge in [-0.3, -0.25) is 14.4 Å². The maximum Gasteiger partial charge on any atom is 0.268 e. The molecule has 4 heteroatoms. The minimum Gasteiger partial charge on any atom is -0.506 e. The van der Waals surface area contributed by atoms with Gasteiger partial charge in [0.05, 0.1) is 5.52 Å². The first-order chi connectivity index (χ1) is 11.1. The zero-order valence-electron chi connectivity index (χ0n) is 13.2. The summed E-state index contributed by atoms with van der Waals surface area (Å²) in [7, 11) is 0. The van der Waals surface area contributed by atoms with E-state index in [2.05, 4.69) is 4.99 Å². The molecule has 1 aromatic heterocycles. The molecule has 0 saturated heterocycles. The van der Waals surface area contributed by atoms with Gasteiger partial charge in [0.2, 0.25) is 0 Å². The first kappa shape index (κ1) is 15.0. The van der Waals surface area contributed by atoms with Crippen LogP contribution in [-0.4, -0.2) is 21.9 Å². The normalized spacial score (nSPS) is 11.8. The largest absolute Gasteiger partial charge is 0.506 e. The van der Waals surface area contributed by atoms with Gasteiger partial charge in [0.1, 0.15) is 11.3 Å². The lowest BCUT2D eigenvalue weighted by molar-refractivity contribution is 0.478. The van der Waals surface area contributed by atoms with Crippen molar-refractivity contribution >= 4 is 16.6 Å². The van der Waals surface area contributed by atoms with Crippen LogP contribution in [0.2, 0.25) is 0 Å². The highest BCUT2D eigenvalue weighted by Gasteiger charge is 2.18. The van der Waals surface area contributed by atoms with Gasteiger partial charge in [-0.25, -0.2) is 0 Å². The van der Waals surface area contributed by atoms with E-state index in [1.807, 2.05) is 61.5 Å². The zero-order valence-corrected chi connectivity index (χ0v) is 13.2. The fraction of sp³-hybridized carbons (Fsp3) is 0.158. The maximum atomic E-state index is 13.0. The number of fused-ring (bicyclic) bond motifs is 1. The predicted molar refractivity (Wildman–Crippen MR) is 94.0 cm³/mol. The number of hydrogen-bond acceptors (Lipinski definition) is 3. The summed E-state index contributed by atoms with van der Waals surface area (Å²) in [6, 6.07) is 16.8. The summed E-state index contributed by atoms with van der Waals surface area (Å²) >= 11 is 0. The Morgan fingerprint density at radius 2 is 1.74 bits per heavy atom. The summed E-state index contributed by atoms with van der Waals surface area (Å²) in [5.74, 6) is -0.00696. The second kappa shape index (κ2) is 6.08. The fourth-order valence-electron chi connectivity index (χ4n) is 2.80. The van der Waals surface area contributed by atoms with Gasteiger partial charge < -0.3 is 5.11 Å². The Kier molecular flexibility index (Phi) is 3.98. The molecule has 0 radical (unpaired) electrons. The Labute approximate surface area is 134 Å². The first-order valence-corrected chi connectivity index (χ1v) is 7.58. The van der Waals surface area contributed by atoms with Crippen LogP contribution in [0.3, 0.4) is 0 Å². The van der Waals surface area contributed by atoms with Gasteiger partial charge in [0.15, 0.2) is 0 Å². The third-order valence-corrected chi connectivity index (χ3v) is 3.83. The van der Waals surface area contributed by atoms with Gasteiger partial charge in [-0.15, -0.1) is 0 Å². The van der Waals surface area contributed by atoms with Crippen molar-refractivity contribution in [2.45, 2.75) is 13.8 Å². The summed E-state index contributed by atoms with van der Waals surface area (Å²) in [5, 5.41) is 11.2. The number of nitrogens with zero attached hydrogens (tertiary/aromatic N) is 2. The number of aromatic hydroxyl groups is 1. The van der Waals surface area contributed by atoms with Crippen molar-refractivity contribution < 1.29 is 5.11 Å². The van der Waals surface area contributed by atoms with Gasteiger partial charge in [-0.05, 0) is 38.1 Å². The van der Waals surface area contributed by atoms with Crippen molar-refractivity contribution in [3.63, 3.8) is 0 Å². The van der Waals surface area contributed by atoms with Crippen molar-refractivity contribution in [3.8, 4) is 11.4 Å². The average molecular weight is 306 g/mol. The van der Waals surface area contributed by atoms with E-state index < -0.39 is 0 Å². The summed E-state index contributed by atoms with van der Waals surface area (Å²) in [6.07, 6.45) is 0. The van der Waals surface area contributed by atoms with Crippen LogP contribution in [0.4, 0.5) is 0 Å². The lowest BCUT2D eigenvalue weighted by Gasteiger charge is -2.15. The number of hydrogen-bond donors (Lipinski definition) is 1. The molecule has 3 rings (SSSR count). The summed E-state index contributed by atoms with van der Waals surface area (Å²) < 4.78 is 1.62. The van der Waals surface area contributed by atoms with E-state index in [-0.39, 0.29) is 16.9 Å². The van der Waals surface area contributed by atoms with Crippen molar-refractivity contribution in [2.75, 3.05) is 6.54 Å². The first-order valence-electron chi connectivity index (χ1n) is 7.58. The van der Waals surface area contributed by atoms with Gasteiger partial charge in [-0.2, -0.15) is 0 Å². The van der Waals surface area contributed by atoms with Crippen LogP contribution in [-0.2, 0) is 0 Å². The molecule has 116 valence electrons. The minimum absolute atomic E-state index is 0.00696. The molecule has 0 fully saturated rings. The van der Waals surface area contributed by atoms with Gasteiger partial charge in [0, 0.05) is 23.3 Å². The Morgan fingerprint density at radius 3 is 2.43 bits per heavy atom. The molecular weight excluding hydrogens is 288 g/mol. The van der Waals surface area contributed by atoms with Gasteiger partial charge in [0.25, 0.3) is 5.56 Å². The molecule has 0 aliphatic carbocycles. The lowest BCUT2D eigenvalue weighted by atomic mass is 10.1. The molecule has 0 aliphatic rings. The summed E-state index contributed by atoms with van der Waals surface area (Å²) in [5.41, 5.74) is 1.98. The molecule has 1 N–H and O–H groups in total. The van der Waals surface area contributed by atoms with E-state index >= 15 is 0 Å². The third kappa shape index (κ3) is 2.52. The number of para-hydroxylation sites is 2. The highest BCUT2D eigenvalue weighted by molar-refractivity contribution is 6.05. The smallest absolute Gasteiger partial charge is 0.268 e. The van der Waals surface area contributed by atoms with Crippen LogP contribution >= 0.6 is 0 Å². The highest BCUT2D eigenvalue weighted by atomic mass is 16.3. The van der Waals surface area contributed by atoms with Crippen LogP contribution < -0.4 is 5.56 Å². The third-order valence-electron chi connectivity index (χ3n) is 3.83. The molecule has 3 aromatic rings. The fourth-order valence-corrected chi connectivity index (χ4v) is 2.80. The molecule has 1 heterocycles. The Hall–Kier alpha value is -2.88. The highest BCUT2D eigenvalue weighted by Crippen LogP contribution is 2.28. The SMILES string of the molecule is CCN=C(C)c1c(O)c2ccccc2n(-c2ccccc2)c1=O. The van der Waals surface area contributed by atoms with Gasteiger partial charge >= 0.3 is 0 Å². The van der Waals surface area contributed by atoms with Crippen LogP contribution in [0.5, 0.6) is 5.75 Å².